The molecule has 9 heteroatoms. The van der Waals surface area contributed by atoms with E-state index in [-0.39, 0.29) is 35.9 Å². The smallest absolute Gasteiger partial charge is 0.312 e. The third-order valence-corrected chi connectivity index (χ3v) is 9.57. The molecule has 4 fully saturated rings. The summed E-state index contributed by atoms with van der Waals surface area (Å²) in [4.78, 5) is 45.1. The van der Waals surface area contributed by atoms with Crippen molar-refractivity contribution in [3.05, 3.63) is 25.3 Å². The van der Waals surface area contributed by atoms with Crippen LogP contribution in [0.5, 0.6) is 0 Å². The minimum atomic E-state index is -1.14. The van der Waals surface area contributed by atoms with Crippen LogP contribution in [0.3, 0.4) is 0 Å². The lowest BCUT2D eigenvalue weighted by Crippen LogP contribution is -2.60. The maximum atomic E-state index is 14.5. The largest absolute Gasteiger partial charge is 0.465 e. The summed E-state index contributed by atoms with van der Waals surface area (Å²) in [6.45, 7) is 9.83. The summed E-state index contributed by atoms with van der Waals surface area (Å²) >= 11 is 3.69. The number of nitrogens with zero attached hydrogens (tertiary/aromatic N) is 2. The van der Waals surface area contributed by atoms with E-state index in [0.717, 1.165) is 38.5 Å². The Morgan fingerprint density at radius 2 is 2.03 bits per heavy atom. The van der Waals surface area contributed by atoms with Gasteiger partial charge in [-0.05, 0) is 38.5 Å². The van der Waals surface area contributed by atoms with Crippen LogP contribution in [0, 0.1) is 11.8 Å². The Labute approximate surface area is 228 Å². The van der Waals surface area contributed by atoms with Gasteiger partial charge < -0.3 is 24.4 Å². The fourth-order valence-electron chi connectivity index (χ4n) is 7.03. The predicted octanol–water partition coefficient (Wildman–Crippen LogP) is 3.36. The van der Waals surface area contributed by atoms with E-state index in [2.05, 4.69) is 29.1 Å². The zero-order valence-corrected chi connectivity index (χ0v) is 23.4. The van der Waals surface area contributed by atoms with Gasteiger partial charge in [0, 0.05) is 17.4 Å². The van der Waals surface area contributed by atoms with Crippen molar-refractivity contribution in [2.75, 3.05) is 19.8 Å². The minimum Gasteiger partial charge on any atom is -0.465 e. The molecule has 1 aliphatic carbocycles. The summed E-state index contributed by atoms with van der Waals surface area (Å²) in [7, 11) is 0. The molecule has 4 rings (SSSR count). The molecule has 3 unspecified atom stereocenters. The molecule has 0 aromatic rings. The number of unbranched alkanes of at least 4 members (excludes halogenated alkanes) is 1. The molecular formula is C28H41BrN2O6. The summed E-state index contributed by atoms with van der Waals surface area (Å²) in [5, 5.41) is 10.2. The van der Waals surface area contributed by atoms with E-state index in [1.165, 1.54) is 0 Å². The number of alkyl halides is 1. The molecular weight excluding hydrogens is 540 g/mol. The Morgan fingerprint density at radius 1 is 1.30 bits per heavy atom. The summed E-state index contributed by atoms with van der Waals surface area (Å²) in [5.74, 6) is -2.54. The van der Waals surface area contributed by atoms with Gasteiger partial charge in [0.25, 0.3) is 0 Å². The van der Waals surface area contributed by atoms with Crippen LogP contribution in [-0.4, -0.2) is 87.1 Å². The second-order valence-corrected chi connectivity index (χ2v) is 12.0. The summed E-state index contributed by atoms with van der Waals surface area (Å²) in [5.41, 5.74) is -1.14. The first-order valence-corrected chi connectivity index (χ1v) is 14.7. The molecule has 0 radical (unpaired) electrons. The molecule has 3 aliphatic heterocycles. The molecule has 3 heterocycles. The average Bonchev–Trinajstić information content (AvgIpc) is 3.50. The van der Waals surface area contributed by atoms with E-state index >= 15 is 0 Å². The molecule has 2 bridgehead atoms. The lowest BCUT2D eigenvalue weighted by Gasteiger charge is -2.42. The lowest BCUT2D eigenvalue weighted by molar-refractivity contribution is -0.157. The molecule has 1 spiro atoms. The Bertz CT molecular complexity index is 888. The molecule has 1 saturated carbocycles. The van der Waals surface area contributed by atoms with Crippen molar-refractivity contribution in [1.82, 2.24) is 9.80 Å². The number of carbonyl (C=O) groups excluding carboxylic acids is 3. The van der Waals surface area contributed by atoms with E-state index in [1.807, 2.05) is 11.8 Å². The first-order valence-electron chi connectivity index (χ1n) is 13.8. The standard InChI is InChI=1S/C28H41BrN2O6/c1-4-7-11-15-36-27(35)21-22-25(33)31(18(6-3)17-32)24(28(22)16-20(29)23(21)37-28)26(34)30(14-5-2)19-12-9-8-10-13-19/h4-5,18-24,32H,1-2,6-17H2,3H3/t18-,20?,21-,22-,23-,24?,28?/m0/s1. The number of esters is 1. The molecule has 8 nitrogen and oxygen atoms in total. The predicted molar refractivity (Wildman–Crippen MR) is 143 cm³/mol. The van der Waals surface area contributed by atoms with Crippen molar-refractivity contribution in [1.29, 1.82) is 0 Å². The molecule has 7 atom stereocenters. The first kappa shape index (κ1) is 28.3. The van der Waals surface area contributed by atoms with E-state index in [0.29, 0.717) is 25.8 Å². The molecule has 3 saturated heterocycles. The number of fused-ring (bicyclic) bond motifs is 1. The van der Waals surface area contributed by atoms with Crippen molar-refractivity contribution >= 4 is 33.7 Å². The van der Waals surface area contributed by atoms with Crippen molar-refractivity contribution < 1.29 is 29.0 Å². The highest BCUT2D eigenvalue weighted by molar-refractivity contribution is 9.09. The normalized spacial score (nSPS) is 33.8. The van der Waals surface area contributed by atoms with E-state index in [1.54, 1.807) is 17.1 Å². The fourth-order valence-corrected chi connectivity index (χ4v) is 7.97. The maximum Gasteiger partial charge on any atom is 0.312 e. The van der Waals surface area contributed by atoms with Crippen LogP contribution in [0.25, 0.3) is 0 Å². The zero-order valence-electron chi connectivity index (χ0n) is 21.9. The third kappa shape index (κ3) is 4.91. The molecule has 37 heavy (non-hydrogen) atoms. The maximum absolute atomic E-state index is 14.5. The number of aliphatic hydroxyl groups is 1. The zero-order chi connectivity index (χ0) is 26.7. The quantitative estimate of drug-likeness (QED) is 0.164. The van der Waals surface area contributed by atoms with Crippen LogP contribution in [0.15, 0.2) is 25.3 Å². The van der Waals surface area contributed by atoms with Gasteiger partial charge in [-0.2, -0.15) is 0 Å². The van der Waals surface area contributed by atoms with Gasteiger partial charge >= 0.3 is 5.97 Å². The molecule has 0 aromatic carbocycles. The number of ether oxygens (including phenoxy) is 2. The van der Waals surface area contributed by atoms with Gasteiger partial charge in [-0.15, -0.1) is 13.2 Å². The van der Waals surface area contributed by atoms with Crippen LogP contribution in [-0.2, 0) is 23.9 Å². The second kappa shape index (κ2) is 12.0. The highest BCUT2D eigenvalue weighted by atomic mass is 79.9. The second-order valence-electron chi connectivity index (χ2n) is 10.8. The SMILES string of the molecule is C=CCCCOC(=O)[C@H]1[C@H]2C(=O)N([C@@H](CC)CO)C(C(=O)N(CC=C)C3CCCCC3)C23CC(Br)[C@@H]1O3. The molecule has 1 N–H and O–H groups in total. The van der Waals surface area contributed by atoms with E-state index in [9.17, 15) is 19.5 Å². The minimum absolute atomic E-state index is 0.0739. The Morgan fingerprint density at radius 3 is 2.65 bits per heavy atom. The Kier molecular flexibility index (Phi) is 9.17. The number of amides is 2. The number of hydrogen-bond donors (Lipinski definition) is 1. The van der Waals surface area contributed by atoms with Gasteiger partial charge in [0.1, 0.15) is 11.6 Å². The van der Waals surface area contributed by atoms with Crippen molar-refractivity contribution in [2.45, 2.75) is 99.4 Å². The van der Waals surface area contributed by atoms with Gasteiger partial charge in [0.05, 0.1) is 37.2 Å². The monoisotopic (exact) mass is 580 g/mol. The summed E-state index contributed by atoms with van der Waals surface area (Å²) in [6.07, 6.45) is 10.4. The first-order chi connectivity index (χ1) is 17.9. The molecule has 206 valence electrons. The summed E-state index contributed by atoms with van der Waals surface area (Å²) in [6, 6.07) is -1.38. The van der Waals surface area contributed by atoms with Crippen LogP contribution < -0.4 is 0 Å². The van der Waals surface area contributed by atoms with Crippen molar-refractivity contribution in [3.63, 3.8) is 0 Å². The van der Waals surface area contributed by atoms with Crippen LogP contribution >= 0.6 is 15.9 Å². The van der Waals surface area contributed by atoms with E-state index < -0.39 is 41.6 Å². The van der Waals surface area contributed by atoms with Crippen molar-refractivity contribution in [2.24, 2.45) is 11.8 Å². The van der Waals surface area contributed by atoms with Crippen LogP contribution in [0.4, 0.5) is 0 Å². The third-order valence-electron chi connectivity index (χ3n) is 8.73. The number of aliphatic hydroxyl groups excluding tert-OH is 1. The lowest BCUT2D eigenvalue weighted by atomic mass is 9.70. The van der Waals surface area contributed by atoms with Crippen LogP contribution in [0.1, 0.15) is 64.7 Å². The van der Waals surface area contributed by atoms with Gasteiger partial charge in [0.15, 0.2) is 0 Å². The number of rotatable bonds is 12. The number of likely N-dealkylation sites (tertiary alicyclic amines) is 1. The molecule has 0 aromatic heterocycles. The van der Waals surface area contributed by atoms with Crippen molar-refractivity contribution in [3.8, 4) is 0 Å². The number of allylic oxidation sites excluding steroid dienone is 1. The average molecular weight is 582 g/mol. The van der Waals surface area contributed by atoms with Gasteiger partial charge in [0.2, 0.25) is 11.8 Å². The van der Waals surface area contributed by atoms with E-state index in [4.69, 9.17) is 9.47 Å². The Hall–Kier alpha value is -1.71. The summed E-state index contributed by atoms with van der Waals surface area (Å²) < 4.78 is 12.2. The fraction of sp³-hybridized carbons (Fsp3) is 0.750. The van der Waals surface area contributed by atoms with Crippen LogP contribution in [0.2, 0.25) is 0 Å². The highest BCUT2D eigenvalue weighted by Crippen LogP contribution is 2.61. The highest BCUT2D eigenvalue weighted by Gasteiger charge is 2.77. The molecule has 2 amide bonds. The Balaban J connectivity index is 1.71. The van der Waals surface area contributed by atoms with Gasteiger partial charge in [-0.3, -0.25) is 14.4 Å². The number of carbonyl (C=O) groups is 3. The van der Waals surface area contributed by atoms with Gasteiger partial charge in [-0.25, -0.2) is 0 Å². The van der Waals surface area contributed by atoms with Gasteiger partial charge in [-0.1, -0.05) is 54.3 Å². The topological polar surface area (TPSA) is 96.4 Å². The molecule has 4 aliphatic rings. The number of hydrogen-bond acceptors (Lipinski definition) is 6. The number of halogens is 1.